The Hall–Kier alpha value is -2.60. The van der Waals surface area contributed by atoms with E-state index in [1.807, 2.05) is 0 Å². The van der Waals surface area contributed by atoms with Crippen LogP contribution in [-0.4, -0.2) is 36.9 Å². The molecule has 0 radical (unpaired) electrons. The summed E-state index contributed by atoms with van der Waals surface area (Å²) in [6.07, 6.45) is 2.00. The van der Waals surface area contributed by atoms with Gasteiger partial charge in [0.2, 0.25) is 5.88 Å². The molecule has 0 amide bonds. The highest BCUT2D eigenvalue weighted by Crippen LogP contribution is 2.24. The molecule has 122 valence electrons. The van der Waals surface area contributed by atoms with Crippen molar-refractivity contribution in [2.24, 2.45) is 0 Å². The fraction of sp³-hybridized carbons (Fsp3) is 0.294. The van der Waals surface area contributed by atoms with Gasteiger partial charge in [-0.05, 0) is 11.6 Å². The van der Waals surface area contributed by atoms with Crippen molar-refractivity contribution in [1.82, 2.24) is 4.98 Å². The molecule has 1 aromatic carbocycles. The number of pyridine rings is 1. The van der Waals surface area contributed by atoms with Crippen LogP contribution in [-0.2, 0) is 22.4 Å². The van der Waals surface area contributed by atoms with Gasteiger partial charge in [0, 0.05) is 43.8 Å². The van der Waals surface area contributed by atoms with Crippen LogP contribution in [0.1, 0.15) is 11.1 Å². The van der Waals surface area contributed by atoms with E-state index in [2.05, 4.69) is 4.98 Å². The highest BCUT2D eigenvalue weighted by molar-refractivity contribution is 5.83. The highest BCUT2D eigenvalue weighted by Gasteiger charge is 2.10. The maximum Gasteiger partial charge on any atom is 0.212 e. The van der Waals surface area contributed by atoms with E-state index < -0.39 is 0 Å². The largest absolute Gasteiger partial charge is 0.508 e. The van der Waals surface area contributed by atoms with Crippen molar-refractivity contribution in [3.63, 3.8) is 0 Å². The molecule has 0 spiro atoms. The molecule has 1 aromatic heterocycles. The van der Waals surface area contributed by atoms with Crippen LogP contribution in [0.15, 0.2) is 36.5 Å². The van der Waals surface area contributed by atoms with E-state index in [1.165, 1.54) is 20.3 Å². The average molecular weight is 317 g/mol. The number of phenolic OH excluding ortho intramolecular Hbond substituents is 1. The third kappa shape index (κ3) is 4.96. The third-order valence-electron chi connectivity index (χ3n) is 3.20. The SMILES string of the molecule is COCOc1ccc(CC(=O)Cc2ccc(OC)nc2)c(O)c1. The molecule has 0 aliphatic carbocycles. The quantitative estimate of drug-likeness (QED) is 0.752. The van der Waals surface area contributed by atoms with Gasteiger partial charge in [0.05, 0.1) is 7.11 Å². The van der Waals surface area contributed by atoms with Crippen LogP contribution in [0.25, 0.3) is 0 Å². The summed E-state index contributed by atoms with van der Waals surface area (Å²) in [5.74, 6) is 1.00. The standard InChI is InChI=1S/C17H19NO5/c1-21-11-23-15-5-4-13(16(20)9-15)8-14(19)7-12-3-6-17(22-2)18-10-12/h3-6,9-10,20H,7-8,11H2,1-2H3. The summed E-state index contributed by atoms with van der Waals surface area (Å²) in [4.78, 5) is 16.2. The van der Waals surface area contributed by atoms with Crippen molar-refractivity contribution in [3.8, 4) is 17.4 Å². The first-order valence-electron chi connectivity index (χ1n) is 7.06. The van der Waals surface area contributed by atoms with Gasteiger partial charge in [-0.25, -0.2) is 4.98 Å². The first-order valence-corrected chi connectivity index (χ1v) is 7.06. The number of nitrogens with zero attached hydrogens (tertiary/aromatic N) is 1. The number of phenols is 1. The molecule has 0 saturated heterocycles. The number of carbonyl (C=O) groups excluding carboxylic acids is 1. The van der Waals surface area contributed by atoms with Crippen LogP contribution in [0.4, 0.5) is 0 Å². The van der Waals surface area contributed by atoms with E-state index >= 15 is 0 Å². The molecular weight excluding hydrogens is 298 g/mol. The van der Waals surface area contributed by atoms with Gasteiger partial charge in [-0.3, -0.25) is 4.79 Å². The molecule has 2 rings (SSSR count). The Morgan fingerprint density at radius 2 is 2.00 bits per heavy atom. The Morgan fingerprint density at radius 3 is 2.61 bits per heavy atom. The van der Waals surface area contributed by atoms with Crippen LogP contribution < -0.4 is 9.47 Å². The number of hydrogen-bond donors (Lipinski definition) is 1. The molecule has 0 unspecified atom stereocenters. The summed E-state index contributed by atoms with van der Waals surface area (Å²) >= 11 is 0. The zero-order valence-corrected chi connectivity index (χ0v) is 13.1. The summed E-state index contributed by atoms with van der Waals surface area (Å²) in [6.45, 7) is 0.0994. The molecular formula is C17H19NO5. The Bertz CT molecular complexity index is 655. The van der Waals surface area contributed by atoms with Gasteiger partial charge in [-0.2, -0.15) is 0 Å². The molecule has 0 saturated carbocycles. The Kier molecular flexibility index (Phi) is 5.94. The molecule has 1 N–H and O–H groups in total. The number of benzene rings is 1. The second kappa shape index (κ2) is 8.14. The maximum absolute atomic E-state index is 12.1. The van der Waals surface area contributed by atoms with Gasteiger partial charge in [-0.1, -0.05) is 12.1 Å². The lowest BCUT2D eigenvalue weighted by Crippen LogP contribution is -2.07. The molecule has 0 bridgehead atoms. The minimum atomic E-state index is -0.0159. The summed E-state index contributed by atoms with van der Waals surface area (Å²) < 4.78 is 15.0. The average Bonchev–Trinajstić information content (AvgIpc) is 2.56. The Labute approximate surface area is 134 Å². The molecule has 0 aliphatic rings. The van der Waals surface area contributed by atoms with E-state index in [0.717, 1.165) is 5.56 Å². The van der Waals surface area contributed by atoms with Gasteiger partial charge in [0.1, 0.15) is 17.3 Å². The molecule has 6 heteroatoms. The monoisotopic (exact) mass is 317 g/mol. The zero-order valence-electron chi connectivity index (χ0n) is 13.1. The lowest BCUT2D eigenvalue weighted by molar-refractivity contribution is -0.117. The van der Waals surface area contributed by atoms with Crippen molar-refractivity contribution in [3.05, 3.63) is 47.7 Å². The number of methoxy groups -OCH3 is 2. The van der Waals surface area contributed by atoms with E-state index in [0.29, 0.717) is 17.2 Å². The van der Waals surface area contributed by atoms with E-state index in [1.54, 1.807) is 30.5 Å². The van der Waals surface area contributed by atoms with E-state index in [-0.39, 0.29) is 31.2 Å². The second-order valence-electron chi connectivity index (χ2n) is 4.94. The third-order valence-corrected chi connectivity index (χ3v) is 3.20. The number of hydrogen-bond acceptors (Lipinski definition) is 6. The van der Waals surface area contributed by atoms with Crippen LogP contribution >= 0.6 is 0 Å². The van der Waals surface area contributed by atoms with Crippen LogP contribution in [0, 0.1) is 0 Å². The molecule has 23 heavy (non-hydrogen) atoms. The summed E-state index contributed by atoms with van der Waals surface area (Å²) in [7, 11) is 3.05. The maximum atomic E-state index is 12.1. The Morgan fingerprint density at radius 1 is 1.17 bits per heavy atom. The van der Waals surface area contributed by atoms with Crippen molar-refractivity contribution >= 4 is 5.78 Å². The summed E-state index contributed by atoms with van der Waals surface area (Å²) in [5, 5.41) is 9.97. The topological polar surface area (TPSA) is 77.9 Å². The number of Topliss-reactive ketones (excluding diaryl/α,β-unsaturated/α-hetero) is 1. The first-order chi connectivity index (χ1) is 11.1. The fourth-order valence-corrected chi connectivity index (χ4v) is 2.05. The molecule has 0 fully saturated rings. The van der Waals surface area contributed by atoms with Gasteiger partial charge in [0.25, 0.3) is 0 Å². The molecule has 6 nitrogen and oxygen atoms in total. The second-order valence-corrected chi connectivity index (χ2v) is 4.94. The summed E-state index contributed by atoms with van der Waals surface area (Å²) in [5.41, 5.74) is 1.36. The molecule has 0 aliphatic heterocycles. The predicted molar refractivity (Wildman–Crippen MR) is 83.8 cm³/mol. The van der Waals surface area contributed by atoms with Crippen molar-refractivity contribution in [2.75, 3.05) is 21.0 Å². The minimum absolute atomic E-state index is 0.0159. The number of rotatable bonds is 8. The van der Waals surface area contributed by atoms with Gasteiger partial charge >= 0.3 is 0 Å². The number of ketones is 1. The normalized spacial score (nSPS) is 10.3. The van der Waals surface area contributed by atoms with Gasteiger partial charge < -0.3 is 19.3 Å². The lowest BCUT2D eigenvalue weighted by atomic mass is 10.0. The predicted octanol–water partition coefficient (Wildman–Crippen LogP) is 2.13. The number of carbonyl (C=O) groups is 1. The molecule has 2 aromatic rings. The van der Waals surface area contributed by atoms with Crippen LogP contribution in [0.3, 0.4) is 0 Å². The van der Waals surface area contributed by atoms with Crippen LogP contribution in [0.5, 0.6) is 17.4 Å². The highest BCUT2D eigenvalue weighted by atomic mass is 16.7. The smallest absolute Gasteiger partial charge is 0.212 e. The molecule has 0 atom stereocenters. The number of aromatic hydroxyl groups is 1. The van der Waals surface area contributed by atoms with Crippen molar-refractivity contribution in [1.29, 1.82) is 0 Å². The Balaban J connectivity index is 1.96. The van der Waals surface area contributed by atoms with Crippen molar-refractivity contribution < 1.29 is 24.1 Å². The van der Waals surface area contributed by atoms with Crippen LogP contribution in [0.2, 0.25) is 0 Å². The zero-order chi connectivity index (χ0) is 16.7. The van der Waals surface area contributed by atoms with Gasteiger partial charge in [0.15, 0.2) is 6.79 Å². The number of ether oxygens (including phenoxy) is 3. The van der Waals surface area contributed by atoms with E-state index in [9.17, 15) is 9.90 Å². The lowest BCUT2D eigenvalue weighted by Gasteiger charge is -2.08. The fourth-order valence-electron chi connectivity index (χ4n) is 2.05. The summed E-state index contributed by atoms with van der Waals surface area (Å²) in [6, 6.07) is 8.34. The first kappa shape index (κ1) is 16.8. The van der Waals surface area contributed by atoms with Gasteiger partial charge in [-0.15, -0.1) is 0 Å². The van der Waals surface area contributed by atoms with Crippen molar-refractivity contribution in [2.45, 2.75) is 12.8 Å². The molecule has 1 heterocycles. The minimum Gasteiger partial charge on any atom is -0.508 e. The number of aromatic nitrogens is 1. The van der Waals surface area contributed by atoms with E-state index in [4.69, 9.17) is 14.2 Å².